The molecule has 6 nitrogen and oxygen atoms in total. The van der Waals surface area contributed by atoms with Gasteiger partial charge in [-0.2, -0.15) is 0 Å². The number of aromatic nitrogens is 2. The third-order valence-electron chi connectivity index (χ3n) is 5.40. The molecule has 1 aromatic carbocycles. The summed E-state index contributed by atoms with van der Waals surface area (Å²) in [5, 5.41) is 0.588. The Hall–Kier alpha value is -3.25. The summed E-state index contributed by atoms with van der Waals surface area (Å²) in [6.45, 7) is 0.846. The highest BCUT2D eigenvalue weighted by Crippen LogP contribution is 2.49. The van der Waals surface area contributed by atoms with Gasteiger partial charge in [0.25, 0.3) is 11.8 Å². The summed E-state index contributed by atoms with van der Waals surface area (Å²) in [6.07, 6.45) is 6.44. The zero-order valence-electron chi connectivity index (χ0n) is 14.7. The standard InChI is InChI=1S/C21H15ClN4O2/c22-16-5-3-15(4-6-16)21-18-13-24-9-7-17(18)20(28)26(21)11-10-25(21)19(27)14-2-1-8-23-12-14/h1-9,12-13H,10-11H2/t21-/m0/s1. The molecule has 0 saturated carbocycles. The number of hydrogen-bond acceptors (Lipinski definition) is 4. The van der Waals surface area contributed by atoms with Crippen molar-refractivity contribution in [2.75, 3.05) is 13.1 Å². The van der Waals surface area contributed by atoms with E-state index in [4.69, 9.17) is 11.6 Å². The maximum Gasteiger partial charge on any atom is 0.257 e. The lowest BCUT2D eigenvalue weighted by Gasteiger charge is -2.40. The normalized spacial score (nSPS) is 20.2. The molecule has 1 atom stereocenters. The maximum atomic E-state index is 13.5. The summed E-state index contributed by atoms with van der Waals surface area (Å²) >= 11 is 6.10. The van der Waals surface area contributed by atoms with Crippen molar-refractivity contribution in [3.63, 3.8) is 0 Å². The molecule has 2 amide bonds. The van der Waals surface area contributed by atoms with Gasteiger partial charge in [-0.25, -0.2) is 0 Å². The summed E-state index contributed by atoms with van der Waals surface area (Å²) in [6, 6.07) is 12.4. The highest BCUT2D eigenvalue weighted by Gasteiger charge is 2.59. The van der Waals surface area contributed by atoms with Gasteiger partial charge in [0, 0.05) is 54.0 Å². The molecule has 0 radical (unpaired) electrons. The van der Waals surface area contributed by atoms with Crippen molar-refractivity contribution in [2.24, 2.45) is 0 Å². The first-order valence-corrected chi connectivity index (χ1v) is 9.26. The fraction of sp³-hybridized carbons (Fsp3) is 0.143. The lowest BCUT2D eigenvalue weighted by atomic mass is 9.90. The van der Waals surface area contributed by atoms with Gasteiger partial charge < -0.3 is 9.80 Å². The zero-order valence-corrected chi connectivity index (χ0v) is 15.5. The second-order valence-electron chi connectivity index (χ2n) is 6.76. The Labute approximate surface area is 166 Å². The Balaban J connectivity index is 1.76. The van der Waals surface area contributed by atoms with Gasteiger partial charge in [0.1, 0.15) is 0 Å². The van der Waals surface area contributed by atoms with Crippen molar-refractivity contribution in [1.29, 1.82) is 0 Å². The predicted octanol–water partition coefficient (Wildman–Crippen LogP) is 2.94. The first-order chi connectivity index (χ1) is 13.6. The van der Waals surface area contributed by atoms with Crippen LogP contribution in [-0.4, -0.2) is 44.7 Å². The molecule has 2 aromatic heterocycles. The van der Waals surface area contributed by atoms with Crippen LogP contribution in [0.5, 0.6) is 0 Å². The Morgan fingerprint density at radius 3 is 2.54 bits per heavy atom. The van der Waals surface area contributed by atoms with Gasteiger partial charge in [-0.3, -0.25) is 19.6 Å². The van der Waals surface area contributed by atoms with Crippen LogP contribution in [0.1, 0.15) is 31.8 Å². The van der Waals surface area contributed by atoms with Gasteiger partial charge in [0.2, 0.25) is 0 Å². The van der Waals surface area contributed by atoms with E-state index in [1.54, 1.807) is 64.9 Å². The van der Waals surface area contributed by atoms with Crippen LogP contribution in [0.25, 0.3) is 0 Å². The monoisotopic (exact) mass is 390 g/mol. The number of carbonyl (C=O) groups excluding carboxylic acids is 2. The number of amides is 2. The minimum Gasteiger partial charge on any atom is -0.306 e. The molecule has 28 heavy (non-hydrogen) atoms. The minimum absolute atomic E-state index is 0.103. The van der Waals surface area contributed by atoms with Crippen molar-refractivity contribution >= 4 is 23.4 Å². The lowest BCUT2D eigenvalue weighted by molar-refractivity contribution is 0.0374. The molecule has 0 unspecified atom stereocenters. The third-order valence-corrected chi connectivity index (χ3v) is 5.65. The second kappa shape index (κ2) is 6.14. The molecule has 1 fully saturated rings. The Bertz CT molecular complexity index is 1090. The molecule has 0 N–H and O–H groups in total. The number of halogens is 1. The van der Waals surface area contributed by atoms with E-state index in [1.165, 1.54) is 0 Å². The van der Waals surface area contributed by atoms with Crippen LogP contribution < -0.4 is 0 Å². The first kappa shape index (κ1) is 16.9. The number of fused-ring (bicyclic) bond motifs is 3. The van der Waals surface area contributed by atoms with Gasteiger partial charge in [-0.15, -0.1) is 0 Å². The van der Waals surface area contributed by atoms with Gasteiger partial charge >= 0.3 is 0 Å². The summed E-state index contributed by atoms with van der Waals surface area (Å²) in [7, 11) is 0. The predicted molar refractivity (Wildman–Crippen MR) is 103 cm³/mol. The van der Waals surface area contributed by atoms with E-state index in [2.05, 4.69) is 9.97 Å². The van der Waals surface area contributed by atoms with Crippen LogP contribution in [0.4, 0.5) is 0 Å². The second-order valence-corrected chi connectivity index (χ2v) is 7.19. The molecule has 4 heterocycles. The van der Waals surface area contributed by atoms with Crippen molar-refractivity contribution in [3.05, 3.63) is 94.5 Å². The van der Waals surface area contributed by atoms with Crippen molar-refractivity contribution in [2.45, 2.75) is 5.66 Å². The molecular weight excluding hydrogens is 376 g/mol. The number of nitrogens with zero attached hydrogens (tertiary/aromatic N) is 4. The van der Waals surface area contributed by atoms with E-state index in [-0.39, 0.29) is 11.8 Å². The van der Waals surface area contributed by atoms with Gasteiger partial charge in [-0.05, 0) is 30.3 Å². The molecule has 0 bridgehead atoms. The number of benzene rings is 1. The summed E-state index contributed by atoms with van der Waals surface area (Å²) < 4.78 is 0. The van der Waals surface area contributed by atoms with E-state index in [0.29, 0.717) is 34.8 Å². The minimum atomic E-state index is -1.04. The highest BCUT2D eigenvalue weighted by atomic mass is 35.5. The average molecular weight is 391 g/mol. The molecule has 1 saturated heterocycles. The largest absolute Gasteiger partial charge is 0.306 e. The van der Waals surface area contributed by atoms with Gasteiger partial charge in [0.05, 0.1) is 11.1 Å². The molecular formula is C21H15ClN4O2. The Kier molecular flexibility index (Phi) is 3.70. The van der Waals surface area contributed by atoms with E-state index in [0.717, 1.165) is 5.56 Å². The fourth-order valence-electron chi connectivity index (χ4n) is 4.26. The SMILES string of the molecule is O=C(c1cccnc1)N1CCN2C(=O)c3ccncc3[C@@]12c1ccc(Cl)cc1. The smallest absolute Gasteiger partial charge is 0.257 e. The number of hydrogen-bond donors (Lipinski definition) is 0. The summed E-state index contributed by atoms with van der Waals surface area (Å²) in [5.74, 6) is -0.288. The molecule has 0 aliphatic carbocycles. The Morgan fingerprint density at radius 1 is 1.00 bits per heavy atom. The molecule has 0 spiro atoms. The van der Waals surface area contributed by atoms with Crippen molar-refractivity contribution in [1.82, 2.24) is 19.8 Å². The zero-order chi connectivity index (χ0) is 19.3. The van der Waals surface area contributed by atoms with Crippen LogP contribution in [-0.2, 0) is 5.66 Å². The molecule has 2 aliphatic heterocycles. The number of pyridine rings is 2. The van der Waals surface area contributed by atoms with Crippen LogP contribution in [0.15, 0.2) is 67.3 Å². The Morgan fingerprint density at radius 2 is 1.79 bits per heavy atom. The number of carbonyl (C=O) groups is 2. The van der Waals surface area contributed by atoms with Crippen molar-refractivity contribution in [3.8, 4) is 0 Å². The third kappa shape index (κ3) is 2.15. The first-order valence-electron chi connectivity index (χ1n) is 8.88. The molecule has 138 valence electrons. The van der Waals surface area contributed by atoms with Crippen LogP contribution in [0, 0.1) is 0 Å². The van der Waals surface area contributed by atoms with Crippen molar-refractivity contribution < 1.29 is 9.59 Å². The van der Waals surface area contributed by atoms with Crippen LogP contribution in [0.2, 0.25) is 5.02 Å². The number of rotatable bonds is 2. The van der Waals surface area contributed by atoms with Gasteiger partial charge in [-0.1, -0.05) is 23.7 Å². The van der Waals surface area contributed by atoms with E-state index >= 15 is 0 Å². The molecule has 3 aromatic rings. The van der Waals surface area contributed by atoms with Gasteiger partial charge in [0.15, 0.2) is 5.66 Å². The van der Waals surface area contributed by atoms with Crippen LogP contribution >= 0.6 is 11.6 Å². The summed E-state index contributed by atoms with van der Waals surface area (Å²) in [4.78, 5) is 38.4. The topological polar surface area (TPSA) is 66.4 Å². The molecule has 2 aliphatic rings. The van der Waals surface area contributed by atoms with Crippen LogP contribution in [0.3, 0.4) is 0 Å². The van der Waals surface area contributed by atoms with E-state index in [1.807, 2.05) is 12.1 Å². The average Bonchev–Trinajstić information content (AvgIpc) is 3.25. The van der Waals surface area contributed by atoms with E-state index in [9.17, 15) is 9.59 Å². The maximum absolute atomic E-state index is 13.5. The fourth-order valence-corrected chi connectivity index (χ4v) is 4.38. The molecule has 7 heteroatoms. The molecule has 5 rings (SSSR count). The van der Waals surface area contributed by atoms with E-state index < -0.39 is 5.66 Å². The highest BCUT2D eigenvalue weighted by molar-refractivity contribution is 6.30. The quantitative estimate of drug-likeness (QED) is 0.674. The summed E-state index contributed by atoms with van der Waals surface area (Å²) in [5.41, 5.74) is 1.50. The lowest BCUT2D eigenvalue weighted by Crippen LogP contribution is -2.51.